The van der Waals surface area contributed by atoms with Gasteiger partial charge in [-0.25, -0.2) is 0 Å². The number of ether oxygens (including phenoxy) is 1. The van der Waals surface area contributed by atoms with Crippen molar-refractivity contribution in [3.05, 3.63) is 29.8 Å². The van der Waals surface area contributed by atoms with Crippen molar-refractivity contribution in [1.82, 2.24) is 0 Å². The first-order valence-electron chi connectivity index (χ1n) is 5.17. The second-order valence-corrected chi connectivity index (χ2v) is 2.91. The Morgan fingerprint density at radius 2 is 1.85 bits per heavy atom. The van der Waals surface area contributed by atoms with Gasteiger partial charge in [-0.05, 0) is 30.9 Å². The molecule has 1 nitrogen and oxygen atoms in total. The zero-order valence-corrected chi connectivity index (χ0v) is 8.55. The molecule has 0 saturated heterocycles. The molecule has 0 saturated carbocycles. The van der Waals surface area contributed by atoms with Crippen molar-refractivity contribution in [2.45, 2.75) is 33.1 Å². The summed E-state index contributed by atoms with van der Waals surface area (Å²) in [5.74, 6) is 1.09. The van der Waals surface area contributed by atoms with Crippen LogP contribution in [0.4, 0.5) is 0 Å². The zero-order chi connectivity index (χ0) is 9.52. The standard InChI is InChI=1S/C10H12O.C2H6/c1-2-7-10-9(5-1)6-3-4-8-11-10;1-2/h1-2,5,7H,3-4,6,8H2;1-2H3. The molecule has 0 N–H and O–H groups in total. The van der Waals surface area contributed by atoms with Gasteiger partial charge in [0.1, 0.15) is 5.75 Å². The smallest absolute Gasteiger partial charge is 0.122 e. The van der Waals surface area contributed by atoms with Crippen LogP contribution in [0.3, 0.4) is 0 Å². The Kier molecular flexibility index (Phi) is 4.37. The largest absolute Gasteiger partial charge is 0.493 e. The third-order valence-electron chi connectivity index (χ3n) is 2.07. The molecule has 1 aromatic carbocycles. The predicted molar refractivity (Wildman–Crippen MR) is 56.2 cm³/mol. The van der Waals surface area contributed by atoms with E-state index in [0.29, 0.717) is 0 Å². The predicted octanol–water partition coefficient (Wildman–Crippen LogP) is 3.43. The summed E-state index contributed by atoms with van der Waals surface area (Å²) in [6.07, 6.45) is 3.63. The van der Waals surface area contributed by atoms with Gasteiger partial charge in [-0.3, -0.25) is 0 Å². The van der Waals surface area contributed by atoms with Crippen LogP contribution in [-0.4, -0.2) is 6.61 Å². The molecule has 0 aliphatic carbocycles. The lowest BCUT2D eigenvalue weighted by molar-refractivity contribution is 0.317. The summed E-state index contributed by atoms with van der Waals surface area (Å²) in [6.45, 7) is 4.89. The van der Waals surface area contributed by atoms with Crippen LogP contribution in [0, 0.1) is 0 Å². The summed E-state index contributed by atoms with van der Waals surface area (Å²) in [5, 5.41) is 0. The molecule has 0 fully saturated rings. The molecule has 72 valence electrons. The van der Waals surface area contributed by atoms with Crippen LogP contribution in [0.25, 0.3) is 0 Å². The highest BCUT2D eigenvalue weighted by atomic mass is 16.5. The first kappa shape index (κ1) is 10.1. The molecule has 2 rings (SSSR count). The Hall–Kier alpha value is -0.980. The average Bonchev–Trinajstić information content (AvgIpc) is 2.45. The number of hydrogen-bond donors (Lipinski definition) is 0. The van der Waals surface area contributed by atoms with Gasteiger partial charge in [0.05, 0.1) is 6.61 Å². The molecule has 0 amide bonds. The number of hydrogen-bond acceptors (Lipinski definition) is 1. The topological polar surface area (TPSA) is 9.23 Å². The number of fused-ring (bicyclic) bond motifs is 1. The van der Waals surface area contributed by atoms with E-state index in [1.54, 1.807) is 0 Å². The van der Waals surface area contributed by atoms with Gasteiger partial charge in [-0.2, -0.15) is 0 Å². The molecule has 0 radical (unpaired) electrons. The van der Waals surface area contributed by atoms with Crippen LogP contribution >= 0.6 is 0 Å². The Labute approximate surface area is 80.7 Å². The first-order chi connectivity index (χ1) is 6.47. The van der Waals surface area contributed by atoms with Crippen molar-refractivity contribution in [3.63, 3.8) is 0 Å². The maximum Gasteiger partial charge on any atom is 0.122 e. The molecule has 0 atom stereocenters. The number of aryl methyl sites for hydroxylation is 1. The molecule has 0 bridgehead atoms. The molecule has 1 aliphatic heterocycles. The summed E-state index contributed by atoms with van der Waals surface area (Å²) >= 11 is 0. The van der Waals surface area contributed by atoms with E-state index in [2.05, 4.69) is 18.2 Å². The van der Waals surface area contributed by atoms with Gasteiger partial charge < -0.3 is 4.74 Å². The Morgan fingerprint density at radius 3 is 2.69 bits per heavy atom. The zero-order valence-electron chi connectivity index (χ0n) is 8.55. The number of rotatable bonds is 0. The normalized spacial score (nSPS) is 14.3. The van der Waals surface area contributed by atoms with E-state index in [1.165, 1.54) is 24.8 Å². The van der Waals surface area contributed by atoms with Gasteiger partial charge in [-0.15, -0.1) is 0 Å². The van der Waals surface area contributed by atoms with Crippen molar-refractivity contribution in [1.29, 1.82) is 0 Å². The lowest BCUT2D eigenvalue weighted by Gasteiger charge is -2.04. The van der Waals surface area contributed by atoms with E-state index < -0.39 is 0 Å². The van der Waals surface area contributed by atoms with Crippen LogP contribution in [0.2, 0.25) is 0 Å². The summed E-state index contributed by atoms with van der Waals surface area (Å²) < 4.78 is 5.55. The van der Waals surface area contributed by atoms with Crippen molar-refractivity contribution in [3.8, 4) is 5.75 Å². The van der Waals surface area contributed by atoms with Crippen LogP contribution in [0.15, 0.2) is 24.3 Å². The molecule has 1 aromatic rings. The van der Waals surface area contributed by atoms with E-state index in [1.807, 2.05) is 19.9 Å². The highest BCUT2D eigenvalue weighted by Gasteiger charge is 2.05. The fourth-order valence-corrected chi connectivity index (χ4v) is 1.45. The van der Waals surface area contributed by atoms with E-state index in [9.17, 15) is 0 Å². The minimum Gasteiger partial charge on any atom is -0.493 e. The fourth-order valence-electron chi connectivity index (χ4n) is 1.45. The highest BCUT2D eigenvalue weighted by Crippen LogP contribution is 2.22. The minimum absolute atomic E-state index is 0.886. The molecule has 1 aliphatic rings. The molecule has 0 aromatic heterocycles. The van der Waals surface area contributed by atoms with E-state index in [0.717, 1.165) is 12.4 Å². The third kappa shape index (κ3) is 2.76. The lowest BCUT2D eigenvalue weighted by Crippen LogP contribution is -1.93. The van der Waals surface area contributed by atoms with Gasteiger partial charge in [-0.1, -0.05) is 32.0 Å². The maximum atomic E-state index is 5.55. The van der Waals surface area contributed by atoms with Crippen molar-refractivity contribution < 1.29 is 4.74 Å². The molecule has 1 heterocycles. The van der Waals surface area contributed by atoms with Crippen molar-refractivity contribution >= 4 is 0 Å². The van der Waals surface area contributed by atoms with Crippen LogP contribution in [-0.2, 0) is 6.42 Å². The van der Waals surface area contributed by atoms with Crippen LogP contribution < -0.4 is 4.74 Å². The second-order valence-electron chi connectivity index (χ2n) is 2.91. The highest BCUT2D eigenvalue weighted by molar-refractivity contribution is 5.33. The molecule has 0 spiro atoms. The molecule has 0 unspecified atom stereocenters. The SMILES string of the molecule is CC.c1ccc2c(c1)CCCCO2. The fraction of sp³-hybridized carbons (Fsp3) is 0.500. The van der Waals surface area contributed by atoms with E-state index in [4.69, 9.17) is 4.74 Å². The van der Waals surface area contributed by atoms with Gasteiger partial charge in [0.2, 0.25) is 0 Å². The van der Waals surface area contributed by atoms with Gasteiger partial charge in [0.25, 0.3) is 0 Å². The average molecular weight is 178 g/mol. The minimum atomic E-state index is 0.886. The monoisotopic (exact) mass is 178 g/mol. The second kappa shape index (κ2) is 5.63. The summed E-state index contributed by atoms with van der Waals surface area (Å²) in [5.41, 5.74) is 1.37. The number of benzene rings is 1. The molecular formula is C12H18O. The number of para-hydroxylation sites is 1. The Morgan fingerprint density at radius 1 is 1.08 bits per heavy atom. The van der Waals surface area contributed by atoms with E-state index >= 15 is 0 Å². The summed E-state index contributed by atoms with van der Waals surface area (Å²) in [7, 11) is 0. The Balaban J connectivity index is 0.000000396. The summed E-state index contributed by atoms with van der Waals surface area (Å²) in [6, 6.07) is 8.32. The van der Waals surface area contributed by atoms with Crippen molar-refractivity contribution in [2.75, 3.05) is 6.61 Å². The van der Waals surface area contributed by atoms with Gasteiger partial charge in [0.15, 0.2) is 0 Å². The maximum absolute atomic E-state index is 5.55. The molecule has 1 heteroatoms. The Bertz CT molecular complexity index is 218. The van der Waals surface area contributed by atoms with Crippen LogP contribution in [0.1, 0.15) is 32.3 Å². The van der Waals surface area contributed by atoms with E-state index in [-0.39, 0.29) is 0 Å². The quantitative estimate of drug-likeness (QED) is 0.591. The van der Waals surface area contributed by atoms with Crippen LogP contribution in [0.5, 0.6) is 5.75 Å². The van der Waals surface area contributed by atoms with Gasteiger partial charge >= 0.3 is 0 Å². The summed E-state index contributed by atoms with van der Waals surface area (Å²) in [4.78, 5) is 0. The molecule has 13 heavy (non-hydrogen) atoms. The van der Waals surface area contributed by atoms with Gasteiger partial charge in [0, 0.05) is 0 Å². The lowest BCUT2D eigenvalue weighted by atomic mass is 10.1. The van der Waals surface area contributed by atoms with Crippen molar-refractivity contribution in [2.24, 2.45) is 0 Å². The first-order valence-corrected chi connectivity index (χ1v) is 5.17. The third-order valence-corrected chi connectivity index (χ3v) is 2.07. The molecular weight excluding hydrogens is 160 g/mol.